The van der Waals surface area contributed by atoms with Gasteiger partial charge in [-0.1, -0.05) is 38.1 Å². The van der Waals surface area contributed by atoms with E-state index in [1.807, 2.05) is 18.3 Å². The fourth-order valence-corrected chi connectivity index (χ4v) is 4.65. The fraction of sp³-hybridized carbons (Fsp3) is 0.423. The average Bonchev–Trinajstić information content (AvgIpc) is 3.17. The number of rotatable bonds is 7. The molecule has 9 nitrogen and oxygen atoms in total. The SMILES string of the molecule is CC(C)C(N)CN1CCC(Nc2nc3ncccc3n2Cc2cccc3cccnc23)CC1.O.O. The number of nitrogens with two attached hydrogens (primary N) is 1. The summed E-state index contributed by atoms with van der Waals surface area (Å²) in [5.74, 6) is 1.39. The topological polar surface area (TPSA) is 148 Å². The second kappa shape index (κ2) is 11.5. The summed E-state index contributed by atoms with van der Waals surface area (Å²) in [6, 6.07) is 15.1. The molecule has 0 aliphatic carbocycles. The van der Waals surface area contributed by atoms with Gasteiger partial charge in [-0.25, -0.2) is 4.98 Å². The molecule has 0 saturated carbocycles. The predicted molar refractivity (Wildman–Crippen MR) is 141 cm³/mol. The van der Waals surface area contributed by atoms with Gasteiger partial charge < -0.3 is 31.5 Å². The number of aromatic nitrogens is 4. The van der Waals surface area contributed by atoms with Crippen LogP contribution in [-0.2, 0) is 6.54 Å². The van der Waals surface area contributed by atoms with Gasteiger partial charge in [0.1, 0.15) is 0 Å². The first-order valence-electron chi connectivity index (χ1n) is 12.0. The average molecular weight is 480 g/mol. The van der Waals surface area contributed by atoms with Crippen molar-refractivity contribution >= 4 is 28.0 Å². The predicted octanol–water partition coefficient (Wildman–Crippen LogP) is 2.24. The maximum absolute atomic E-state index is 6.30. The van der Waals surface area contributed by atoms with Crippen molar-refractivity contribution in [3.05, 3.63) is 60.4 Å². The Bertz CT molecular complexity index is 1230. The third-order valence-electron chi connectivity index (χ3n) is 6.82. The molecule has 0 radical (unpaired) electrons. The van der Waals surface area contributed by atoms with Crippen molar-refractivity contribution < 1.29 is 11.0 Å². The lowest BCUT2D eigenvalue weighted by molar-refractivity contribution is 0.194. The summed E-state index contributed by atoms with van der Waals surface area (Å²) in [5.41, 5.74) is 10.3. The van der Waals surface area contributed by atoms with E-state index in [0.29, 0.717) is 18.5 Å². The largest absolute Gasteiger partial charge is 0.412 e. The number of pyridine rings is 2. The van der Waals surface area contributed by atoms with Crippen LogP contribution in [0.2, 0.25) is 0 Å². The summed E-state index contributed by atoms with van der Waals surface area (Å²) in [6.07, 6.45) is 5.82. The van der Waals surface area contributed by atoms with Gasteiger partial charge >= 0.3 is 0 Å². The zero-order chi connectivity index (χ0) is 22.8. The van der Waals surface area contributed by atoms with Crippen LogP contribution < -0.4 is 11.1 Å². The molecular weight excluding hydrogens is 442 g/mol. The van der Waals surface area contributed by atoms with Crippen molar-refractivity contribution in [1.29, 1.82) is 0 Å². The smallest absolute Gasteiger partial charge is 0.205 e. The summed E-state index contributed by atoms with van der Waals surface area (Å²) >= 11 is 0. The Morgan fingerprint density at radius 3 is 2.49 bits per heavy atom. The molecule has 7 N–H and O–H groups in total. The van der Waals surface area contributed by atoms with E-state index < -0.39 is 0 Å². The van der Waals surface area contributed by atoms with E-state index in [4.69, 9.17) is 10.7 Å². The van der Waals surface area contributed by atoms with Crippen LogP contribution in [0.15, 0.2) is 54.9 Å². The number of likely N-dealkylation sites (tertiary alicyclic amines) is 1. The minimum atomic E-state index is 0. The highest BCUT2D eigenvalue weighted by Crippen LogP contribution is 2.25. The van der Waals surface area contributed by atoms with Gasteiger partial charge in [-0.3, -0.25) is 4.98 Å². The molecule has 1 unspecified atom stereocenters. The molecule has 4 heterocycles. The molecule has 1 fully saturated rings. The Hall–Kier alpha value is -3.11. The Morgan fingerprint density at radius 1 is 1.00 bits per heavy atom. The van der Waals surface area contributed by atoms with Crippen LogP contribution in [0.5, 0.6) is 0 Å². The minimum absolute atomic E-state index is 0. The number of piperidine rings is 1. The number of hydrogen-bond acceptors (Lipinski definition) is 6. The minimum Gasteiger partial charge on any atom is -0.412 e. The van der Waals surface area contributed by atoms with Crippen molar-refractivity contribution in [3.8, 4) is 0 Å². The Kier molecular flexibility index (Phi) is 8.74. The Balaban J connectivity index is 0.00000171. The molecule has 3 aromatic heterocycles. The van der Waals surface area contributed by atoms with Crippen LogP contribution in [0.1, 0.15) is 32.3 Å². The third kappa shape index (κ3) is 5.76. The van der Waals surface area contributed by atoms with E-state index in [9.17, 15) is 0 Å². The van der Waals surface area contributed by atoms with Crippen LogP contribution in [0.25, 0.3) is 22.1 Å². The maximum atomic E-state index is 6.30. The monoisotopic (exact) mass is 479 g/mol. The van der Waals surface area contributed by atoms with Crippen molar-refractivity contribution in [2.45, 2.75) is 45.3 Å². The van der Waals surface area contributed by atoms with Crippen LogP contribution in [0.3, 0.4) is 0 Å². The third-order valence-corrected chi connectivity index (χ3v) is 6.82. The highest BCUT2D eigenvalue weighted by atomic mass is 16.0. The van der Waals surface area contributed by atoms with Crippen molar-refractivity contribution in [2.75, 3.05) is 25.0 Å². The molecule has 1 atom stereocenters. The van der Waals surface area contributed by atoms with Gasteiger partial charge in [-0.15, -0.1) is 0 Å². The molecular formula is C26H37N7O2. The van der Waals surface area contributed by atoms with Gasteiger partial charge in [0.15, 0.2) is 5.65 Å². The zero-order valence-corrected chi connectivity index (χ0v) is 20.5. The summed E-state index contributed by atoms with van der Waals surface area (Å²) in [7, 11) is 0. The van der Waals surface area contributed by atoms with E-state index in [1.54, 1.807) is 6.20 Å². The molecule has 9 heteroatoms. The van der Waals surface area contributed by atoms with Crippen molar-refractivity contribution in [2.24, 2.45) is 11.7 Å². The number of nitrogens with one attached hydrogen (secondary N) is 1. The summed E-state index contributed by atoms with van der Waals surface area (Å²) in [6.45, 7) is 8.18. The van der Waals surface area contributed by atoms with E-state index >= 15 is 0 Å². The number of para-hydroxylation sites is 1. The summed E-state index contributed by atoms with van der Waals surface area (Å²) in [4.78, 5) is 16.5. The Labute approximate surface area is 206 Å². The molecule has 1 aliphatic heterocycles. The standard InChI is InChI=1S/C26H33N7.2H2O/c1-18(2)22(27)17-32-14-10-21(11-15-32)30-26-31-25-23(9-5-13-29-25)33(26)16-20-7-3-6-19-8-4-12-28-24(19)20;;/h3-9,12-13,18,21-22H,10-11,14-17,27H2,1-2H3,(H,29,30,31);2*1H2. The quantitative estimate of drug-likeness (QED) is 0.415. The molecule has 1 saturated heterocycles. The second-order valence-corrected chi connectivity index (χ2v) is 9.49. The van der Waals surface area contributed by atoms with Crippen LogP contribution in [0.4, 0.5) is 5.95 Å². The number of anilines is 1. The van der Waals surface area contributed by atoms with E-state index in [1.165, 1.54) is 5.56 Å². The molecule has 0 amide bonds. The number of hydrogen-bond donors (Lipinski definition) is 2. The molecule has 1 aliphatic rings. The van der Waals surface area contributed by atoms with Crippen LogP contribution in [-0.4, -0.2) is 67.1 Å². The number of fused-ring (bicyclic) bond motifs is 2. The van der Waals surface area contributed by atoms with Gasteiger partial charge in [0.05, 0.1) is 17.6 Å². The highest BCUT2D eigenvalue weighted by molar-refractivity contribution is 5.82. The van der Waals surface area contributed by atoms with Crippen LogP contribution >= 0.6 is 0 Å². The first-order valence-corrected chi connectivity index (χ1v) is 12.0. The number of imidazole rings is 1. The Morgan fingerprint density at radius 2 is 1.71 bits per heavy atom. The molecule has 4 aromatic rings. The maximum Gasteiger partial charge on any atom is 0.205 e. The first-order chi connectivity index (χ1) is 16.1. The molecule has 5 rings (SSSR count). The summed E-state index contributed by atoms with van der Waals surface area (Å²) in [5, 5.41) is 4.89. The lowest BCUT2D eigenvalue weighted by atomic mass is 10.0. The van der Waals surface area contributed by atoms with Gasteiger partial charge in [-0.05, 0) is 42.5 Å². The lowest BCUT2D eigenvalue weighted by Gasteiger charge is -2.34. The van der Waals surface area contributed by atoms with Gasteiger partial charge in [0.2, 0.25) is 5.95 Å². The number of benzene rings is 1. The van der Waals surface area contributed by atoms with Gasteiger partial charge in [-0.2, -0.15) is 4.98 Å². The van der Waals surface area contributed by atoms with Crippen molar-refractivity contribution in [3.63, 3.8) is 0 Å². The van der Waals surface area contributed by atoms with Gasteiger partial charge in [0.25, 0.3) is 0 Å². The molecule has 35 heavy (non-hydrogen) atoms. The van der Waals surface area contributed by atoms with E-state index in [0.717, 1.165) is 60.5 Å². The van der Waals surface area contributed by atoms with E-state index in [2.05, 4.69) is 68.9 Å². The van der Waals surface area contributed by atoms with Crippen molar-refractivity contribution in [1.82, 2.24) is 24.4 Å². The molecule has 188 valence electrons. The molecule has 0 bridgehead atoms. The molecule has 0 spiro atoms. The van der Waals surface area contributed by atoms with Crippen LogP contribution in [0, 0.1) is 5.92 Å². The lowest BCUT2D eigenvalue weighted by Crippen LogP contribution is -2.46. The van der Waals surface area contributed by atoms with E-state index in [-0.39, 0.29) is 17.0 Å². The molecule has 1 aromatic carbocycles. The first kappa shape index (κ1) is 26.5. The highest BCUT2D eigenvalue weighted by Gasteiger charge is 2.23. The normalized spacial score (nSPS) is 15.7. The van der Waals surface area contributed by atoms with Gasteiger partial charge in [0, 0.05) is 49.5 Å². The zero-order valence-electron chi connectivity index (χ0n) is 20.5. The fourth-order valence-electron chi connectivity index (χ4n) is 4.65. The second-order valence-electron chi connectivity index (χ2n) is 9.49. The number of nitrogens with zero attached hydrogens (tertiary/aromatic N) is 5. The summed E-state index contributed by atoms with van der Waals surface area (Å²) < 4.78 is 2.24.